The first kappa shape index (κ1) is 39.3. The van der Waals surface area contributed by atoms with Crippen LogP contribution in [0.25, 0.3) is 140 Å². The molecule has 4 nitrogen and oxygen atoms in total. The second-order valence-corrected chi connectivity index (χ2v) is 20.1. The molecule has 5 aromatic heterocycles. The Labute approximate surface area is 410 Å². The van der Waals surface area contributed by atoms with Gasteiger partial charge in [-0.25, -0.2) is 9.97 Å². The Morgan fingerprint density at radius 3 is 1.41 bits per heavy atom. The minimum absolute atomic E-state index is 0.681. The third-order valence-electron chi connectivity index (χ3n) is 14.2. The molecule has 0 radical (unpaired) electrons. The molecule has 0 bridgehead atoms. The molecule has 0 aliphatic carbocycles. The molecule has 15 rings (SSSR count). The van der Waals surface area contributed by atoms with Gasteiger partial charge >= 0.3 is 0 Å². The SMILES string of the molecule is c1ccc(-c2cc(-c3cccc(-n4c5ccccc5c5c6sc7ccccc7c6ccc54)c3-c3ccccc3-n3c4ccccc4c4c5sc6ccccc6c5ccc43)nc(-c3ccccc3)n2)cc1. The molecule has 10 aromatic carbocycles. The van der Waals surface area contributed by atoms with Gasteiger partial charge in [-0.15, -0.1) is 22.7 Å². The topological polar surface area (TPSA) is 35.6 Å². The molecular formula is C64H38N4S2. The van der Waals surface area contributed by atoms with Gasteiger partial charge in [0.15, 0.2) is 5.82 Å². The van der Waals surface area contributed by atoms with E-state index in [9.17, 15) is 0 Å². The number of aromatic nitrogens is 4. The first-order valence-corrected chi connectivity index (χ1v) is 25.3. The van der Waals surface area contributed by atoms with Gasteiger partial charge in [-0.1, -0.05) is 176 Å². The van der Waals surface area contributed by atoms with Crippen molar-refractivity contribution in [3.63, 3.8) is 0 Å². The van der Waals surface area contributed by atoms with E-state index in [0.29, 0.717) is 5.82 Å². The zero-order valence-electron chi connectivity index (χ0n) is 37.5. The summed E-state index contributed by atoms with van der Waals surface area (Å²) < 4.78 is 10.2. The van der Waals surface area contributed by atoms with Gasteiger partial charge in [-0.3, -0.25) is 0 Å². The van der Waals surface area contributed by atoms with Crippen LogP contribution in [0.1, 0.15) is 0 Å². The number of nitrogens with zero attached hydrogens (tertiary/aromatic N) is 4. The fraction of sp³-hybridized carbons (Fsp3) is 0. The number of rotatable bonds is 6. The molecule has 0 amide bonds. The number of hydrogen-bond donors (Lipinski definition) is 0. The molecule has 0 atom stereocenters. The smallest absolute Gasteiger partial charge is 0.160 e. The van der Waals surface area contributed by atoms with Gasteiger partial charge in [0.2, 0.25) is 0 Å². The average molecular weight is 927 g/mol. The number of benzene rings is 10. The Balaban J connectivity index is 1.08. The van der Waals surface area contributed by atoms with Gasteiger partial charge in [-0.05, 0) is 54.6 Å². The molecule has 0 unspecified atom stereocenters. The van der Waals surface area contributed by atoms with Crippen molar-refractivity contribution in [1.82, 2.24) is 19.1 Å². The summed E-state index contributed by atoms with van der Waals surface area (Å²) in [6.45, 7) is 0. The standard InChI is InChI=1S/C64H38N4S2/c1-3-18-39(19-4-1)49-38-50(66-64(65-49)40-20-5-2-6-21-40)45-27-17-31-54(68-53-30-14-9-26-48(53)61-56(68)37-35-44-42-23-11-16-33-58(42)70-63(44)61)59(45)46-24-7-12-28-51(46)67-52-29-13-8-25-47(52)60-55(67)36-34-43-41-22-10-15-32-57(41)69-62(43)60/h1-38H. The lowest BCUT2D eigenvalue weighted by molar-refractivity contribution is 1.15. The Morgan fingerprint density at radius 1 is 0.314 bits per heavy atom. The maximum absolute atomic E-state index is 5.52. The summed E-state index contributed by atoms with van der Waals surface area (Å²) in [6, 6.07) is 83.6. The zero-order chi connectivity index (χ0) is 45.9. The Morgan fingerprint density at radius 2 is 0.786 bits per heavy atom. The van der Waals surface area contributed by atoms with Gasteiger partial charge in [0.05, 0.1) is 44.8 Å². The van der Waals surface area contributed by atoms with E-state index in [1.54, 1.807) is 0 Å². The van der Waals surface area contributed by atoms with E-state index in [1.807, 2.05) is 28.7 Å². The Kier molecular flexibility index (Phi) is 8.66. The molecule has 6 heteroatoms. The van der Waals surface area contributed by atoms with Crippen LogP contribution in [-0.4, -0.2) is 19.1 Å². The van der Waals surface area contributed by atoms with Crippen LogP contribution in [0.15, 0.2) is 231 Å². The molecule has 70 heavy (non-hydrogen) atoms. The highest BCUT2D eigenvalue weighted by molar-refractivity contribution is 7.27. The maximum Gasteiger partial charge on any atom is 0.160 e. The predicted octanol–water partition coefficient (Wildman–Crippen LogP) is 18.1. The minimum atomic E-state index is 0.681. The van der Waals surface area contributed by atoms with Crippen LogP contribution in [0.2, 0.25) is 0 Å². The van der Waals surface area contributed by atoms with Gasteiger partial charge < -0.3 is 9.13 Å². The minimum Gasteiger partial charge on any atom is -0.309 e. The van der Waals surface area contributed by atoms with Crippen molar-refractivity contribution in [2.45, 2.75) is 0 Å². The van der Waals surface area contributed by atoms with Crippen LogP contribution < -0.4 is 0 Å². The molecule has 326 valence electrons. The molecule has 0 fully saturated rings. The highest BCUT2D eigenvalue weighted by atomic mass is 32.1. The summed E-state index contributed by atoms with van der Waals surface area (Å²) in [4.78, 5) is 10.8. The zero-order valence-corrected chi connectivity index (χ0v) is 39.2. The van der Waals surface area contributed by atoms with Gasteiger partial charge in [0, 0.05) is 89.7 Å². The lowest BCUT2D eigenvalue weighted by Crippen LogP contribution is -2.04. The average Bonchev–Trinajstić information content (AvgIpc) is 4.19. The van der Waals surface area contributed by atoms with E-state index in [1.165, 1.54) is 67.4 Å². The largest absolute Gasteiger partial charge is 0.309 e. The number of para-hydroxylation sites is 3. The van der Waals surface area contributed by atoms with Crippen molar-refractivity contribution < 1.29 is 0 Å². The first-order chi connectivity index (χ1) is 34.7. The third-order valence-corrected chi connectivity index (χ3v) is 16.6. The molecule has 0 saturated carbocycles. The van der Waals surface area contributed by atoms with E-state index in [2.05, 4.69) is 234 Å². The number of fused-ring (bicyclic) bond motifs is 14. The van der Waals surface area contributed by atoms with E-state index in [-0.39, 0.29) is 0 Å². The van der Waals surface area contributed by atoms with Crippen molar-refractivity contribution in [1.29, 1.82) is 0 Å². The van der Waals surface area contributed by atoms with Gasteiger partial charge in [0.1, 0.15) is 0 Å². The van der Waals surface area contributed by atoms with Crippen LogP contribution in [-0.2, 0) is 0 Å². The van der Waals surface area contributed by atoms with Gasteiger partial charge in [0.25, 0.3) is 0 Å². The van der Waals surface area contributed by atoms with Crippen molar-refractivity contribution in [3.05, 3.63) is 231 Å². The van der Waals surface area contributed by atoms with Crippen LogP contribution in [0.4, 0.5) is 0 Å². The van der Waals surface area contributed by atoms with Crippen molar-refractivity contribution in [2.24, 2.45) is 0 Å². The summed E-state index contributed by atoms with van der Waals surface area (Å²) in [5.41, 5.74) is 13.7. The first-order valence-electron chi connectivity index (χ1n) is 23.7. The molecular weight excluding hydrogens is 889 g/mol. The second kappa shape index (κ2) is 15.4. The molecule has 0 aliphatic rings. The molecule has 0 N–H and O–H groups in total. The summed E-state index contributed by atoms with van der Waals surface area (Å²) in [5.74, 6) is 0.681. The number of thiophene rings is 2. The van der Waals surface area contributed by atoms with Crippen molar-refractivity contribution in [3.8, 4) is 56.4 Å². The second-order valence-electron chi connectivity index (χ2n) is 18.0. The summed E-state index contributed by atoms with van der Waals surface area (Å²) in [6.07, 6.45) is 0. The third kappa shape index (κ3) is 5.81. The van der Waals surface area contributed by atoms with E-state index in [0.717, 1.165) is 67.1 Å². The van der Waals surface area contributed by atoms with Crippen LogP contribution in [0, 0.1) is 0 Å². The fourth-order valence-corrected chi connectivity index (χ4v) is 13.7. The summed E-state index contributed by atoms with van der Waals surface area (Å²) in [5, 5.41) is 10.2. The van der Waals surface area contributed by atoms with E-state index < -0.39 is 0 Å². The van der Waals surface area contributed by atoms with Crippen LogP contribution in [0.5, 0.6) is 0 Å². The summed E-state index contributed by atoms with van der Waals surface area (Å²) in [7, 11) is 0. The lowest BCUT2D eigenvalue weighted by atomic mass is 9.93. The predicted molar refractivity (Wildman–Crippen MR) is 298 cm³/mol. The highest BCUT2D eigenvalue weighted by Gasteiger charge is 2.26. The maximum atomic E-state index is 5.52. The lowest BCUT2D eigenvalue weighted by Gasteiger charge is -2.22. The molecule has 0 aliphatic heterocycles. The normalized spacial score (nSPS) is 12.0. The van der Waals surface area contributed by atoms with E-state index in [4.69, 9.17) is 9.97 Å². The molecule has 15 aromatic rings. The summed E-state index contributed by atoms with van der Waals surface area (Å²) >= 11 is 3.77. The van der Waals surface area contributed by atoms with Crippen LogP contribution in [0.3, 0.4) is 0 Å². The van der Waals surface area contributed by atoms with Crippen molar-refractivity contribution in [2.75, 3.05) is 0 Å². The highest BCUT2D eigenvalue weighted by Crippen LogP contribution is 2.49. The molecule has 0 saturated heterocycles. The fourth-order valence-electron chi connectivity index (χ4n) is 11.2. The van der Waals surface area contributed by atoms with Crippen LogP contribution >= 0.6 is 22.7 Å². The Hall–Kier alpha value is -8.68. The number of hydrogen-bond acceptors (Lipinski definition) is 4. The monoisotopic (exact) mass is 926 g/mol. The molecule has 5 heterocycles. The van der Waals surface area contributed by atoms with E-state index >= 15 is 0 Å². The Bertz CT molecular complexity index is 4540. The van der Waals surface area contributed by atoms with Crippen molar-refractivity contribution >= 4 is 107 Å². The quantitative estimate of drug-likeness (QED) is 0.167. The molecule has 0 spiro atoms. The van der Waals surface area contributed by atoms with Gasteiger partial charge in [-0.2, -0.15) is 0 Å².